The third-order valence-electron chi connectivity index (χ3n) is 6.86. The van der Waals surface area contributed by atoms with Gasteiger partial charge in [-0.1, -0.05) is 51.1 Å². The Bertz CT molecular complexity index is 1310. The molecule has 39 heavy (non-hydrogen) atoms. The molecular weight excluding hydrogens is 520 g/mol. The quantitative estimate of drug-likeness (QED) is 0.270. The predicted molar refractivity (Wildman–Crippen MR) is 147 cm³/mol. The molecule has 3 rings (SSSR count). The van der Waals surface area contributed by atoms with Gasteiger partial charge in [0.15, 0.2) is 5.03 Å². The van der Waals surface area contributed by atoms with Crippen LogP contribution in [-0.4, -0.2) is 79.5 Å². The number of aliphatic hydroxyl groups is 2. The van der Waals surface area contributed by atoms with Gasteiger partial charge in [0.2, 0.25) is 5.91 Å². The third-order valence-corrected chi connectivity index (χ3v) is 8.64. The number of carbonyl (C=O) groups is 1. The summed E-state index contributed by atoms with van der Waals surface area (Å²) in [5, 5.41) is 28.6. The molecule has 0 spiro atoms. The second-order valence-corrected chi connectivity index (χ2v) is 12.2. The molecule has 0 saturated heterocycles. The molecule has 0 aliphatic rings. The number of benzene rings is 1. The molecule has 11 nitrogen and oxygen atoms in total. The van der Waals surface area contributed by atoms with Gasteiger partial charge in [-0.3, -0.25) is 9.48 Å². The van der Waals surface area contributed by atoms with Crippen molar-refractivity contribution in [1.82, 2.24) is 29.0 Å². The highest BCUT2D eigenvalue weighted by Gasteiger charge is 2.38. The SMILES string of the molecule is Cc1ccnn1CC(C)C(=O)NC(Cc1ccccc1)C(O)CN(C(CO)C(C)C)S(=O)(=O)c1cn(C)cn1. The zero-order valence-electron chi connectivity index (χ0n) is 23.2. The first-order valence-corrected chi connectivity index (χ1v) is 14.5. The highest BCUT2D eigenvalue weighted by Crippen LogP contribution is 2.22. The van der Waals surface area contributed by atoms with Crippen LogP contribution in [-0.2, 0) is 34.8 Å². The lowest BCUT2D eigenvalue weighted by molar-refractivity contribution is -0.126. The standard InChI is InChI=1S/C27H40N6O5S/c1-19(2)24(17-34)33(39(37,38)26-16-31(5)18-28-26)15-25(35)23(13-22-9-7-6-8-10-22)30-27(36)20(3)14-32-21(4)11-12-29-32/h6-12,16,18-20,23-25,34-35H,13-15,17H2,1-5H3,(H,30,36). The lowest BCUT2D eigenvalue weighted by Crippen LogP contribution is -2.55. The molecule has 4 unspecified atom stereocenters. The van der Waals surface area contributed by atoms with E-state index in [0.717, 1.165) is 15.6 Å². The number of hydrogen-bond donors (Lipinski definition) is 3. The Morgan fingerprint density at radius 3 is 2.38 bits per heavy atom. The molecule has 0 aliphatic carbocycles. The topological polar surface area (TPSA) is 143 Å². The zero-order chi connectivity index (χ0) is 28.7. The Hall–Kier alpha value is -3.06. The summed E-state index contributed by atoms with van der Waals surface area (Å²) in [7, 11) is -2.50. The van der Waals surface area contributed by atoms with Crippen LogP contribution in [0.5, 0.6) is 0 Å². The smallest absolute Gasteiger partial charge is 0.262 e. The first-order chi connectivity index (χ1) is 18.4. The number of hydrogen-bond acceptors (Lipinski definition) is 7. The van der Waals surface area contributed by atoms with E-state index in [1.54, 1.807) is 38.7 Å². The molecule has 214 valence electrons. The van der Waals surface area contributed by atoms with E-state index in [-0.39, 0.29) is 29.8 Å². The minimum absolute atomic E-state index is 0.178. The maximum absolute atomic E-state index is 13.6. The van der Waals surface area contributed by atoms with Gasteiger partial charge in [0.05, 0.1) is 43.6 Å². The lowest BCUT2D eigenvalue weighted by atomic mass is 9.99. The van der Waals surface area contributed by atoms with Gasteiger partial charge in [-0.25, -0.2) is 13.4 Å². The van der Waals surface area contributed by atoms with E-state index in [1.807, 2.05) is 43.3 Å². The van der Waals surface area contributed by atoms with Crippen molar-refractivity contribution in [3.8, 4) is 0 Å². The number of amides is 1. The summed E-state index contributed by atoms with van der Waals surface area (Å²) in [6.45, 7) is 6.87. The van der Waals surface area contributed by atoms with E-state index in [9.17, 15) is 23.4 Å². The minimum atomic E-state index is -4.16. The summed E-state index contributed by atoms with van der Waals surface area (Å²) in [6.07, 6.45) is 3.44. The zero-order valence-corrected chi connectivity index (χ0v) is 24.0. The number of imidazole rings is 1. The lowest BCUT2D eigenvalue weighted by Gasteiger charge is -2.35. The largest absolute Gasteiger partial charge is 0.395 e. The maximum Gasteiger partial charge on any atom is 0.262 e. The highest BCUT2D eigenvalue weighted by atomic mass is 32.2. The molecule has 0 bridgehead atoms. The molecule has 1 aromatic carbocycles. The van der Waals surface area contributed by atoms with Gasteiger partial charge in [-0.2, -0.15) is 9.40 Å². The summed E-state index contributed by atoms with van der Waals surface area (Å²) >= 11 is 0. The first kappa shape index (κ1) is 30.5. The molecule has 0 saturated carbocycles. The van der Waals surface area contributed by atoms with Gasteiger partial charge in [0.1, 0.15) is 0 Å². The Balaban J connectivity index is 1.89. The third kappa shape index (κ3) is 7.75. The van der Waals surface area contributed by atoms with Crippen molar-refractivity contribution >= 4 is 15.9 Å². The second kappa shape index (κ2) is 13.3. The summed E-state index contributed by atoms with van der Waals surface area (Å²) < 4.78 is 31.6. The van der Waals surface area contributed by atoms with Gasteiger partial charge in [-0.15, -0.1) is 0 Å². The Morgan fingerprint density at radius 2 is 1.85 bits per heavy atom. The molecule has 2 heterocycles. The van der Waals surface area contributed by atoms with Crippen molar-refractivity contribution in [3.05, 3.63) is 66.4 Å². The van der Waals surface area contributed by atoms with Crippen LogP contribution < -0.4 is 5.32 Å². The van der Waals surface area contributed by atoms with Crippen LogP contribution in [0.2, 0.25) is 0 Å². The van der Waals surface area contributed by atoms with Gasteiger partial charge in [-0.05, 0) is 30.9 Å². The number of aromatic nitrogens is 4. The van der Waals surface area contributed by atoms with Crippen molar-refractivity contribution < 1.29 is 23.4 Å². The molecule has 3 N–H and O–H groups in total. The van der Waals surface area contributed by atoms with Crippen LogP contribution in [0.15, 0.2) is 60.1 Å². The van der Waals surface area contributed by atoms with Crippen molar-refractivity contribution in [2.75, 3.05) is 13.2 Å². The number of aliphatic hydroxyl groups excluding tert-OH is 2. The number of sulfonamides is 1. The fourth-order valence-corrected chi connectivity index (χ4v) is 6.14. The molecule has 4 atom stereocenters. The van der Waals surface area contributed by atoms with E-state index < -0.39 is 40.7 Å². The van der Waals surface area contributed by atoms with Crippen LogP contribution in [0, 0.1) is 18.8 Å². The predicted octanol–water partition coefficient (Wildman–Crippen LogP) is 1.36. The average Bonchev–Trinajstić information content (AvgIpc) is 3.51. The fraction of sp³-hybridized carbons (Fsp3) is 0.519. The Morgan fingerprint density at radius 1 is 1.15 bits per heavy atom. The Kier molecular flexibility index (Phi) is 10.4. The number of nitrogens with zero attached hydrogens (tertiary/aromatic N) is 5. The van der Waals surface area contributed by atoms with Crippen molar-refractivity contribution in [2.24, 2.45) is 18.9 Å². The van der Waals surface area contributed by atoms with Crippen molar-refractivity contribution in [1.29, 1.82) is 0 Å². The van der Waals surface area contributed by atoms with Gasteiger partial charge >= 0.3 is 0 Å². The first-order valence-electron chi connectivity index (χ1n) is 13.1. The fourth-order valence-electron chi connectivity index (χ4n) is 4.41. The molecule has 3 aromatic rings. The van der Waals surface area contributed by atoms with Crippen molar-refractivity contribution in [2.45, 2.75) is 63.9 Å². The molecule has 0 aliphatic heterocycles. The van der Waals surface area contributed by atoms with E-state index in [0.29, 0.717) is 6.54 Å². The minimum Gasteiger partial charge on any atom is -0.395 e. The number of aryl methyl sites for hydroxylation is 2. The van der Waals surface area contributed by atoms with Gasteiger partial charge < -0.3 is 20.1 Å². The highest BCUT2D eigenvalue weighted by molar-refractivity contribution is 7.89. The molecule has 0 radical (unpaired) electrons. The summed E-state index contributed by atoms with van der Waals surface area (Å²) in [4.78, 5) is 17.3. The molecule has 2 aromatic heterocycles. The second-order valence-electron chi connectivity index (χ2n) is 10.4. The van der Waals surface area contributed by atoms with E-state index in [1.165, 1.54) is 17.1 Å². The summed E-state index contributed by atoms with van der Waals surface area (Å²) in [5.74, 6) is -0.991. The molecule has 12 heteroatoms. The van der Waals surface area contributed by atoms with E-state index in [4.69, 9.17) is 0 Å². The summed E-state index contributed by atoms with van der Waals surface area (Å²) in [5.41, 5.74) is 1.80. The monoisotopic (exact) mass is 560 g/mol. The van der Waals surface area contributed by atoms with Crippen LogP contribution in [0.4, 0.5) is 0 Å². The maximum atomic E-state index is 13.6. The average molecular weight is 561 g/mol. The van der Waals surface area contributed by atoms with Gasteiger partial charge in [0.25, 0.3) is 10.0 Å². The van der Waals surface area contributed by atoms with E-state index in [2.05, 4.69) is 15.4 Å². The van der Waals surface area contributed by atoms with Crippen LogP contribution in [0.1, 0.15) is 32.0 Å². The molecule has 0 fully saturated rings. The molecule has 1 amide bonds. The van der Waals surface area contributed by atoms with E-state index >= 15 is 0 Å². The van der Waals surface area contributed by atoms with Crippen LogP contribution in [0.25, 0.3) is 0 Å². The normalized spacial score (nSPS) is 15.3. The Labute approximate surface area is 230 Å². The van der Waals surface area contributed by atoms with Crippen molar-refractivity contribution in [3.63, 3.8) is 0 Å². The van der Waals surface area contributed by atoms with Gasteiger partial charge in [0, 0.05) is 31.7 Å². The number of rotatable bonds is 14. The van der Waals surface area contributed by atoms with Crippen LogP contribution >= 0.6 is 0 Å². The number of carbonyl (C=O) groups excluding carboxylic acids is 1. The summed E-state index contributed by atoms with van der Waals surface area (Å²) in [6, 6.07) is 9.62. The molecular formula is C27H40N6O5S. The van der Waals surface area contributed by atoms with Crippen LogP contribution in [0.3, 0.4) is 0 Å². The number of nitrogens with one attached hydrogen (secondary N) is 1.